The first kappa shape index (κ1) is 16.3. The Morgan fingerprint density at radius 3 is 2.80 bits per heavy atom. The standard InChI is InChI=1S/C13H13BrFNO4/c14-9-2-3-10(15)8(7-9)1-4-12(18)16-6-5-11(17)13(19)20/h1-4,7,11,17H,5-6H2,(H,16,18)(H,19,20)/b4-1+. The molecule has 0 heterocycles. The zero-order valence-electron chi connectivity index (χ0n) is 10.3. The molecule has 1 rings (SSSR count). The van der Waals surface area contributed by atoms with Gasteiger partial charge < -0.3 is 15.5 Å². The molecule has 3 N–H and O–H groups in total. The van der Waals surface area contributed by atoms with Gasteiger partial charge in [-0.25, -0.2) is 9.18 Å². The maximum absolute atomic E-state index is 13.4. The smallest absolute Gasteiger partial charge is 0.332 e. The fourth-order valence-corrected chi connectivity index (χ4v) is 1.70. The summed E-state index contributed by atoms with van der Waals surface area (Å²) in [4.78, 5) is 21.7. The summed E-state index contributed by atoms with van der Waals surface area (Å²) in [7, 11) is 0. The second kappa shape index (κ2) is 7.76. The molecule has 0 fully saturated rings. The van der Waals surface area contributed by atoms with Crippen LogP contribution in [-0.2, 0) is 9.59 Å². The van der Waals surface area contributed by atoms with Crippen LogP contribution in [0.4, 0.5) is 4.39 Å². The third-order valence-corrected chi connectivity index (χ3v) is 2.87. The second-order valence-corrected chi connectivity index (χ2v) is 4.85. The number of nitrogens with one attached hydrogen (secondary N) is 1. The lowest BCUT2D eigenvalue weighted by Crippen LogP contribution is -2.28. The molecule has 1 aromatic carbocycles. The lowest BCUT2D eigenvalue weighted by Gasteiger charge is -2.05. The number of carboxylic acid groups (broad SMARTS) is 1. The van der Waals surface area contributed by atoms with Crippen molar-refractivity contribution in [3.63, 3.8) is 0 Å². The Bertz CT molecular complexity index is 533. The van der Waals surface area contributed by atoms with Gasteiger partial charge in [0.25, 0.3) is 0 Å². The molecule has 1 aromatic rings. The van der Waals surface area contributed by atoms with Gasteiger partial charge in [-0.05, 0) is 24.3 Å². The quantitative estimate of drug-likeness (QED) is 0.683. The van der Waals surface area contributed by atoms with Crippen molar-refractivity contribution >= 4 is 33.9 Å². The Labute approximate surface area is 123 Å². The SMILES string of the molecule is O=C(/C=C/c1cc(Br)ccc1F)NCCC(O)C(=O)O. The molecule has 0 saturated carbocycles. The van der Waals surface area contributed by atoms with Gasteiger partial charge in [0.05, 0.1) is 0 Å². The number of aliphatic hydroxyl groups is 1. The van der Waals surface area contributed by atoms with Crippen LogP contribution in [0.5, 0.6) is 0 Å². The Balaban J connectivity index is 2.48. The van der Waals surface area contributed by atoms with Gasteiger partial charge in [0.15, 0.2) is 6.10 Å². The first-order valence-corrected chi connectivity index (χ1v) is 6.51. The molecule has 5 nitrogen and oxygen atoms in total. The van der Waals surface area contributed by atoms with E-state index >= 15 is 0 Å². The Hall–Kier alpha value is -1.73. The van der Waals surface area contributed by atoms with E-state index < -0.39 is 23.8 Å². The molecule has 0 saturated heterocycles. The van der Waals surface area contributed by atoms with Crippen LogP contribution in [0.25, 0.3) is 6.08 Å². The van der Waals surface area contributed by atoms with E-state index in [0.29, 0.717) is 4.47 Å². The molecule has 1 atom stereocenters. The van der Waals surface area contributed by atoms with Crippen molar-refractivity contribution in [2.75, 3.05) is 6.54 Å². The van der Waals surface area contributed by atoms with Crippen LogP contribution in [0.3, 0.4) is 0 Å². The number of hydrogen-bond acceptors (Lipinski definition) is 3. The molecule has 0 spiro atoms. The Morgan fingerprint density at radius 1 is 1.45 bits per heavy atom. The van der Waals surface area contributed by atoms with Gasteiger partial charge in [0.2, 0.25) is 5.91 Å². The predicted octanol–water partition coefficient (Wildman–Crippen LogP) is 1.55. The molecule has 0 bridgehead atoms. The van der Waals surface area contributed by atoms with Gasteiger partial charge in [0, 0.05) is 29.1 Å². The van der Waals surface area contributed by atoms with Crippen LogP contribution < -0.4 is 5.32 Å². The highest BCUT2D eigenvalue weighted by atomic mass is 79.9. The van der Waals surface area contributed by atoms with Crippen molar-refractivity contribution in [3.8, 4) is 0 Å². The molecule has 0 aliphatic rings. The van der Waals surface area contributed by atoms with Crippen molar-refractivity contribution in [2.45, 2.75) is 12.5 Å². The van der Waals surface area contributed by atoms with E-state index in [-0.39, 0.29) is 18.5 Å². The monoisotopic (exact) mass is 345 g/mol. The largest absolute Gasteiger partial charge is 0.479 e. The van der Waals surface area contributed by atoms with Crippen molar-refractivity contribution in [2.24, 2.45) is 0 Å². The van der Waals surface area contributed by atoms with E-state index in [1.165, 1.54) is 18.2 Å². The number of rotatable bonds is 6. The van der Waals surface area contributed by atoms with Gasteiger partial charge in [0.1, 0.15) is 5.82 Å². The third kappa shape index (κ3) is 5.50. The summed E-state index contributed by atoms with van der Waals surface area (Å²) < 4.78 is 14.0. The molecule has 0 aliphatic carbocycles. The first-order valence-electron chi connectivity index (χ1n) is 5.72. The summed E-state index contributed by atoms with van der Waals surface area (Å²) >= 11 is 3.19. The Kier molecular flexibility index (Phi) is 6.33. The molecule has 0 aromatic heterocycles. The molecular weight excluding hydrogens is 333 g/mol. The normalized spacial score (nSPS) is 12.3. The molecule has 20 heavy (non-hydrogen) atoms. The summed E-state index contributed by atoms with van der Waals surface area (Å²) in [6.45, 7) is 0.0115. The zero-order chi connectivity index (χ0) is 15.1. The van der Waals surface area contributed by atoms with E-state index in [2.05, 4.69) is 21.2 Å². The van der Waals surface area contributed by atoms with E-state index in [1.54, 1.807) is 6.07 Å². The van der Waals surface area contributed by atoms with Crippen molar-refractivity contribution in [3.05, 3.63) is 40.1 Å². The summed E-state index contributed by atoms with van der Waals surface area (Å²) in [6.07, 6.45) is 0.836. The number of carbonyl (C=O) groups excluding carboxylic acids is 1. The van der Waals surface area contributed by atoms with Gasteiger partial charge >= 0.3 is 5.97 Å². The van der Waals surface area contributed by atoms with Crippen LogP contribution in [-0.4, -0.2) is 34.7 Å². The predicted molar refractivity (Wildman–Crippen MR) is 74.4 cm³/mol. The van der Waals surface area contributed by atoms with E-state index in [9.17, 15) is 14.0 Å². The second-order valence-electron chi connectivity index (χ2n) is 3.93. The molecule has 7 heteroatoms. The molecule has 1 unspecified atom stereocenters. The Morgan fingerprint density at radius 2 is 2.15 bits per heavy atom. The highest BCUT2D eigenvalue weighted by molar-refractivity contribution is 9.10. The van der Waals surface area contributed by atoms with Crippen molar-refractivity contribution in [1.29, 1.82) is 0 Å². The lowest BCUT2D eigenvalue weighted by molar-refractivity contribution is -0.147. The first-order chi connectivity index (χ1) is 9.40. The summed E-state index contributed by atoms with van der Waals surface area (Å²) in [5, 5.41) is 19.8. The molecule has 0 radical (unpaired) electrons. The topological polar surface area (TPSA) is 86.6 Å². The van der Waals surface area contributed by atoms with Crippen LogP contribution in [0.2, 0.25) is 0 Å². The highest BCUT2D eigenvalue weighted by Gasteiger charge is 2.12. The van der Waals surface area contributed by atoms with E-state index in [4.69, 9.17) is 10.2 Å². The molecule has 1 amide bonds. The summed E-state index contributed by atoms with van der Waals surface area (Å²) in [6, 6.07) is 4.33. The van der Waals surface area contributed by atoms with Crippen LogP contribution >= 0.6 is 15.9 Å². The van der Waals surface area contributed by atoms with Gasteiger partial charge in [-0.1, -0.05) is 15.9 Å². The number of amides is 1. The maximum atomic E-state index is 13.4. The van der Waals surface area contributed by atoms with Crippen LogP contribution in [0, 0.1) is 5.82 Å². The average Bonchev–Trinajstić information content (AvgIpc) is 2.39. The summed E-state index contributed by atoms with van der Waals surface area (Å²) in [5.74, 6) is -2.30. The van der Waals surface area contributed by atoms with Crippen LogP contribution in [0.1, 0.15) is 12.0 Å². The number of carbonyl (C=O) groups is 2. The third-order valence-electron chi connectivity index (χ3n) is 2.37. The minimum atomic E-state index is -1.51. The molecular formula is C13H13BrFNO4. The van der Waals surface area contributed by atoms with Crippen molar-refractivity contribution in [1.82, 2.24) is 5.32 Å². The fraction of sp³-hybridized carbons (Fsp3) is 0.231. The highest BCUT2D eigenvalue weighted by Crippen LogP contribution is 2.16. The van der Waals surface area contributed by atoms with E-state index in [0.717, 1.165) is 6.08 Å². The molecule has 0 aliphatic heterocycles. The summed E-state index contributed by atoms with van der Waals surface area (Å²) in [5.41, 5.74) is 0.250. The van der Waals surface area contributed by atoms with Gasteiger partial charge in [-0.2, -0.15) is 0 Å². The zero-order valence-corrected chi connectivity index (χ0v) is 11.9. The van der Waals surface area contributed by atoms with Gasteiger partial charge in [-0.15, -0.1) is 0 Å². The number of benzene rings is 1. The number of aliphatic carboxylic acids is 1. The number of carboxylic acids is 1. The van der Waals surface area contributed by atoms with Gasteiger partial charge in [-0.3, -0.25) is 4.79 Å². The number of aliphatic hydroxyl groups excluding tert-OH is 1. The minimum Gasteiger partial charge on any atom is -0.479 e. The lowest BCUT2D eigenvalue weighted by atomic mass is 10.2. The van der Waals surface area contributed by atoms with Crippen LogP contribution in [0.15, 0.2) is 28.7 Å². The average molecular weight is 346 g/mol. The molecule has 108 valence electrons. The number of halogens is 2. The maximum Gasteiger partial charge on any atom is 0.332 e. The fourth-order valence-electron chi connectivity index (χ4n) is 1.32. The van der Waals surface area contributed by atoms with Crippen molar-refractivity contribution < 1.29 is 24.2 Å². The van der Waals surface area contributed by atoms with E-state index in [1.807, 2.05) is 0 Å². The number of hydrogen-bond donors (Lipinski definition) is 3. The minimum absolute atomic E-state index is 0.0115.